The van der Waals surface area contributed by atoms with E-state index in [1.807, 2.05) is 47.0 Å². The Balaban J connectivity index is 1.59. The van der Waals surface area contributed by atoms with Crippen LogP contribution in [-0.2, 0) is 12.3 Å². The van der Waals surface area contributed by atoms with Gasteiger partial charge >= 0.3 is 6.61 Å². The van der Waals surface area contributed by atoms with Crippen LogP contribution in [0.5, 0.6) is 11.5 Å². The zero-order valence-electron chi connectivity index (χ0n) is 17.2. The zero-order chi connectivity index (χ0) is 22.3. The number of hydrogen-bond acceptors (Lipinski definition) is 6. The highest BCUT2D eigenvalue weighted by Gasteiger charge is 2.16. The zero-order valence-corrected chi connectivity index (χ0v) is 18.0. The number of ether oxygens (including phenoxy) is 2. The number of halogens is 2. The second-order valence-electron chi connectivity index (χ2n) is 6.77. The van der Waals surface area contributed by atoms with E-state index < -0.39 is 6.61 Å². The summed E-state index contributed by atoms with van der Waals surface area (Å²) in [6.07, 6.45) is 3.47. The number of nitrogens with zero attached hydrogens (tertiary/aromatic N) is 4. The first-order valence-corrected chi connectivity index (χ1v) is 10.7. The Kier molecular flexibility index (Phi) is 6.96. The molecule has 6 nitrogen and oxygen atoms in total. The quantitative estimate of drug-likeness (QED) is 0.320. The maximum atomic E-state index is 12.6. The van der Waals surface area contributed by atoms with Crippen LogP contribution in [0.3, 0.4) is 0 Å². The number of alkyl halides is 2. The molecule has 0 atom stereocenters. The SMILES string of the molecule is COc1cc(CSc2nnc(-c3cccnc3)n2Cc2ccccc2)ccc1OC(F)F. The largest absolute Gasteiger partial charge is 0.493 e. The van der Waals surface area contributed by atoms with Gasteiger partial charge in [-0.3, -0.25) is 9.55 Å². The van der Waals surface area contributed by atoms with Crippen molar-refractivity contribution in [2.75, 3.05) is 7.11 Å². The molecule has 0 saturated carbocycles. The number of rotatable bonds is 9. The van der Waals surface area contributed by atoms with Crippen LogP contribution in [0.25, 0.3) is 11.4 Å². The van der Waals surface area contributed by atoms with Gasteiger partial charge in [-0.25, -0.2) is 0 Å². The highest BCUT2D eigenvalue weighted by atomic mass is 32.2. The van der Waals surface area contributed by atoms with Crippen LogP contribution in [0.15, 0.2) is 78.2 Å². The smallest absolute Gasteiger partial charge is 0.387 e. The summed E-state index contributed by atoms with van der Waals surface area (Å²) in [7, 11) is 1.42. The standard InChI is InChI=1S/C23H20F2N4O2S/c1-30-20-12-17(9-10-19(20)31-22(24)25)15-32-23-28-27-21(18-8-5-11-26-13-18)29(23)14-16-6-3-2-4-7-16/h2-13,22H,14-15H2,1H3. The average molecular weight is 455 g/mol. The minimum Gasteiger partial charge on any atom is -0.493 e. The molecule has 0 N–H and O–H groups in total. The van der Waals surface area contributed by atoms with Crippen molar-refractivity contribution in [3.63, 3.8) is 0 Å². The lowest BCUT2D eigenvalue weighted by Crippen LogP contribution is -2.05. The Morgan fingerprint density at radius 1 is 0.969 bits per heavy atom. The number of methoxy groups -OCH3 is 1. The fourth-order valence-electron chi connectivity index (χ4n) is 3.16. The number of aromatic nitrogens is 4. The molecule has 0 unspecified atom stereocenters. The van der Waals surface area contributed by atoms with E-state index >= 15 is 0 Å². The lowest BCUT2D eigenvalue weighted by molar-refractivity contribution is -0.0512. The van der Waals surface area contributed by atoms with Crippen molar-refractivity contribution in [3.05, 3.63) is 84.2 Å². The Morgan fingerprint density at radius 3 is 2.53 bits per heavy atom. The van der Waals surface area contributed by atoms with Gasteiger partial charge < -0.3 is 9.47 Å². The molecule has 2 aromatic carbocycles. The van der Waals surface area contributed by atoms with Crippen LogP contribution in [0.2, 0.25) is 0 Å². The monoisotopic (exact) mass is 454 g/mol. The van der Waals surface area contributed by atoms with Gasteiger partial charge in [0.05, 0.1) is 13.7 Å². The molecule has 0 amide bonds. The molecule has 0 aliphatic rings. The minimum atomic E-state index is -2.91. The fourth-order valence-corrected chi connectivity index (χ4v) is 4.04. The molecule has 4 rings (SSSR count). The summed E-state index contributed by atoms with van der Waals surface area (Å²) in [6, 6.07) is 18.8. The molecule has 0 radical (unpaired) electrons. The third-order valence-corrected chi connectivity index (χ3v) is 5.67. The summed E-state index contributed by atoms with van der Waals surface area (Å²) in [5.41, 5.74) is 2.87. The predicted octanol–water partition coefficient (Wildman–Crippen LogP) is 5.29. The van der Waals surface area contributed by atoms with E-state index in [1.54, 1.807) is 24.5 Å². The first kappa shape index (κ1) is 21.8. The third kappa shape index (κ3) is 5.23. The topological polar surface area (TPSA) is 62.1 Å². The fraction of sp³-hybridized carbons (Fsp3) is 0.174. The van der Waals surface area contributed by atoms with Crippen molar-refractivity contribution in [2.45, 2.75) is 24.1 Å². The van der Waals surface area contributed by atoms with Gasteiger partial charge in [0.2, 0.25) is 0 Å². The minimum absolute atomic E-state index is 0.00218. The Hall–Kier alpha value is -3.46. The molecule has 2 aromatic heterocycles. The van der Waals surface area contributed by atoms with Gasteiger partial charge in [0.25, 0.3) is 0 Å². The molecule has 164 valence electrons. The summed E-state index contributed by atoms with van der Waals surface area (Å²) < 4.78 is 36.9. The Morgan fingerprint density at radius 2 is 1.81 bits per heavy atom. The van der Waals surface area contributed by atoms with E-state index in [2.05, 4.69) is 19.9 Å². The van der Waals surface area contributed by atoms with Gasteiger partial charge in [-0.2, -0.15) is 8.78 Å². The normalized spacial score (nSPS) is 11.0. The molecule has 9 heteroatoms. The van der Waals surface area contributed by atoms with Gasteiger partial charge in [-0.1, -0.05) is 48.2 Å². The van der Waals surface area contributed by atoms with E-state index in [4.69, 9.17) is 4.74 Å². The van der Waals surface area contributed by atoms with Crippen LogP contribution in [0, 0.1) is 0 Å². The van der Waals surface area contributed by atoms with E-state index in [1.165, 1.54) is 24.9 Å². The van der Waals surface area contributed by atoms with Crippen molar-refractivity contribution in [2.24, 2.45) is 0 Å². The van der Waals surface area contributed by atoms with Crippen molar-refractivity contribution in [1.29, 1.82) is 0 Å². The van der Waals surface area contributed by atoms with Gasteiger partial charge in [0.15, 0.2) is 22.5 Å². The summed E-state index contributed by atoms with van der Waals surface area (Å²) >= 11 is 1.50. The van der Waals surface area contributed by atoms with E-state index in [0.29, 0.717) is 12.3 Å². The lowest BCUT2D eigenvalue weighted by Gasteiger charge is -2.12. The van der Waals surface area contributed by atoms with Crippen molar-refractivity contribution >= 4 is 11.8 Å². The molecule has 0 saturated heterocycles. The summed E-state index contributed by atoms with van der Waals surface area (Å²) in [6.45, 7) is -2.31. The van der Waals surface area contributed by atoms with Gasteiger partial charge in [-0.05, 0) is 35.4 Å². The van der Waals surface area contributed by atoms with Gasteiger partial charge in [0, 0.05) is 23.7 Å². The second-order valence-corrected chi connectivity index (χ2v) is 7.71. The molecule has 0 aliphatic carbocycles. The van der Waals surface area contributed by atoms with Crippen LogP contribution < -0.4 is 9.47 Å². The molecule has 4 aromatic rings. The molecule has 0 fully saturated rings. The first-order chi connectivity index (χ1) is 15.6. The van der Waals surface area contributed by atoms with E-state index in [0.717, 1.165) is 27.7 Å². The third-order valence-electron chi connectivity index (χ3n) is 4.63. The van der Waals surface area contributed by atoms with E-state index in [-0.39, 0.29) is 11.5 Å². The predicted molar refractivity (Wildman–Crippen MR) is 118 cm³/mol. The molecule has 0 bridgehead atoms. The van der Waals surface area contributed by atoms with Crippen LogP contribution >= 0.6 is 11.8 Å². The van der Waals surface area contributed by atoms with Gasteiger partial charge in [0.1, 0.15) is 0 Å². The Labute approximate surface area is 188 Å². The van der Waals surface area contributed by atoms with E-state index in [9.17, 15) is 8.78 Å². The number of hydrogen-bond donors (Lipinski definition) is 0. The molecule has 32 heavy (non-hydrogen) atoms. The Bertz CT molecular complexity index is 1160. The van der Waals surface area contributed by atoms with Crippen LogP contribution in [0.4, 0.5) is 8.78 Å². The maximum absolute atomic E-state index is 12.6. The molecule has 0 aliphatic heterocycles. The molecule has 2 heterocycles. The summed E-state index contributed by atoms with van der Waals surface area (Å²) in [5, 5.41) is 9.53. The molecule has 0 spiro atoms. The second kappa shape index (κ2) is 10.2. The van der Waals surface area contributed by atoms with Crippen molar-refractivity contribution in [3.8, 4) is 22.9 Å². The first-order valence-electron chi connectivity index (χ1n) is 9.76. The number of benzene rings is 2. The summed E-state index contributed by atoms with van der Waals surface area (Å²) in [4.78, 5) is 4.19. The molecular weight excluding hydrogens is 434 g/mol. The lowest BCUT2D eigenvalue weighted by atomic mass is 10.2. The number of thioether (sulfide) groups is 1. The maximum Gasteiger partial charge on any atom is 0.387 e. The number of pyridine rings is 1. The summed E-state index contributed by atoms with van der Waals surface area (Å²) in [5.74, 6) is 1.53. The van der Waals surface area contributed by atoms with Crippen LogP contribution in [0.1, 0.15) is 11.1 Å². The van der Waals surface area contributed by atoms with Crippen molar-refractivity contribution < 1.29 is 18.3 Å². The van der Waals surface area contributed by atoms with Crippen LogP contribution in [-0.4, -0.2) is 33.5 Å². The average Bonchev–Trinajstić information content (AvgIpc) is 3.21. The highest BCUT2D eigenvalue weighted by molar-refractivity contribution is 7.98. The van der Waals surface area contributed by atoms with Crippen molar-refractivity contribution in [1.82, 2.24) is 19.7 Å². The highest BCUT2D eigenvalue weighted by Crippen LogP contribution is 2.32. The molecular formula is C23H20F2N4O2S. The van der Waals surface area contributed by atoms with Gasteiger partial charge in [-0.15, -0.1) is 10.2 Å².